The van der Waals surface area contributed by atoms with E-state index >= 15 is 0 Å². The number of carbonyl (C=O) groups excluding carboxylic acids is 1. The zero-order chi connectivity index (χ0) is 13.3. The van der Waals surface area contributed by atoms with Crippen LogP contribution in [0.2, 0.25) is 0 Å². The van der Waals surface area contributed by atoms with Gasteiger partial charge in [-0.05, 0) is 19.1 Å². The van der Waals surface area contributed by atoms with Crippen molar-refractivity contribution >= 4 is 11.8 Å². The third-order valence-corrected chi connectivity index (χ3v) is 3.50. The molecular formula is C13H17NO4. The number of carbonyl (C=O) groups is 2. The average Bonchev–Trinajstić information content (AvgIpc) is 2.81. The molecule has 2 rings (SSSR count). The molecule has 1 aliphatic heterocycles. The van der Waals surface area contributed by atoms with E-state index < -0.39 is 5.97 Å². The van der Waals surface area contributed by atoms with Gasteiger partial charge in [0.15, 0.2) is 0 Å². The SMILES string of the molecule is CC1CN(C(C)c2ccc(C(=O)O)o2)CCC1=O. The maximum absolute atomic E-state index is 11.5. The summed E-state index contributed by atoms with van der Waals surface area (Å²) in [6.07, 6.45) is 0.554. The second kappa shape index (κ2) is 4.94. The number of Topliss-reactive ketones (excluding diaryl/α,β-unsaturated/α-hetero) is 1. The Labute approximate surface area is 105 Å². The van der Waals surface area contributed by atoms with Gasteiger partial charge in [0, 0.05) is 25.4 Å². The predicted molar refractivity (Wildman–Crippen MR) is 64.4 cm³/mol. The summed E-state index contributed by atoms with van der Waals surface area (Å²) in [5.74, 6) is -0.137. The third-order valence-electron chi connectivity index (χ3n) is 3.50. The first-order valence-corrected chi connectivity index (χ1v) is 6.09. The number of ketones is 1. The van der Waals surface area contributed by atoms with Crippen LogP contribution in [0.5, 0.6) is 0 Å². The van der Waals surface area contributed by atoms with Crippen molar-refractivity contribution < 1.29 is 19.1 Å². The third kappa shape index (κ3) is 2.46. The zero-order valence-corrected chi connectivity index (χ0v) is 10.5. The first-order chi connectivity index (χ1) is 8.49. The fraction of sp³-hybridized carbons (Fsp3) is 0.538. The highest BCUT2D eigenvalue weighted by molar-refractivity contribution is 5.84. The van der Waals surface area contributed by atoms with Crippen molar-refractivity contribution in [2.24, 2.45) is 5.92 Å². The lowest BCUT2D eigenvalue weighted by atomic mass is 9.97. The molecule has 0 spiro atoms. The van der Waals surface area contributed by atoms with Gasteiger partial charge >= 0.3 is 5.97 Å². The van der Waals surface area contributed by atoms with Gasteiger partial charge in [0.2, 0.25) is 5.76 Å². The number of likely N-dealkylation sites (tertiary alicyclic amines) is 1. The lowest BCUT2D eigenvalue weighted by Gasteiger charge is -2.33. The summed E-state index contributed by atoms with van der Waals surface area (Å²) in [5, 5.41) is 8.82. The van der Waals surface area contributed by atoms with Crippen molar-refractivity contribution in [2.75, 3.05) is 13.1 Å². The van der Waals surface area contributed by atoms with Crippen molar-refractivity contribution in [1.82, 2.24) is 4.90 Å². The lowest BCUT2D eigenvalue weighted by molar-refractivity contribution is -0.126. The van der Waals surface area contributed by atoms with Gasteiger partial charge in [-0.25, -0.2) is 4.79 Å². The van der Waals surface area contributed by atoms with Gasteiger partial charge in [0.1, 0.15) is 11.5 Å². The van der Waals surface area contributed by atoms with Gasteiger partial charge < -0.3 is 9.52 Å². The van der Waals surface area contributed by atoms with Crippen molar-refractivity contribution in [3.63, 3.8) is 0 Å². The van der Waals surface area contributed by atoms with Crippen molar-refractivity contribution in [2.45, 2.75) is 26.3 Å². The van der Waals surface area contributed by atoms with Gasteiger partial charge in [-0.3, -0.25) is 9.69 Å². The molecule has 1 fully saturated rings. The molecule has 1 aromatic heterocycles. The van der Waals surface area contributed by atoms with Gasteiger partial charge in [-0.1, -0.05) is 6.92 Å². The van der Waals surface area contributed by atoms with Gasteiger partial charge in [0.25, 0.3) is 0 Å². The predicted octanol–water partition coefficient (Wildman–Crippen LogP) is 1.95. The lowest BCUT2D eigenvalue weighted by Crippen LogP contribution is -2.40. The summed E-state index contributed by atoms with van der Waals surface area (Å²) in [6, 6.07) is 3.15. The van der Waals surface area contributed by atoms with Gasteiger partial charge in [-0.15, -0.1) is 0 Å². The fourth-order valence-electron chi connectivity index (χ4n) is 2.27. The molecule has 5 nitrogen and oxygen atoms in total. The van der Waals surface area contributed by atoms with E-state index in [1.54, 1.807) is 6.07 Å². The smallest absolute Gasteiger partial charge is 0.371 e. The first-order valence-electron chi connectivity index (χ1n) is 6.09. The minimum absolute atomic E-state index is 0.00588. The number of rotatable bonds is 3. The van der Waals surface area contributed by atoms with E-state index in [2.05, 4.69) is 4.90 Å². The standard InChI is InChI=1S/C13H17NO4/c1-8-7-14(6-5-10(8)15)9(2)11-3-4-12(18-11)13(16)17/h3-4,8-9H,5-7H2,1-2H3,(H,16,17). The van der Waals surface area contributed by atoms with Crippen LogP contribution in [-0.2, 0) is 4.79 Å². The largest absolute Gasteiger partial charge is 0.475 e. The van der Waals surface area contributed by atoms with Crippen LogP contribution in [0.4, 0.5) is 0 Å². The molecule has 0 aromatic carbocycles. The van der Waals surface area contributed by atoms with Crippen molar-refractivity contribution in [1.29, 1.82) is 0 Å². The molecule has 98 valence electrons. The van der Waals surface area contributed by atoms with Crippen LogP contribution in [0, 0.1) is 5.92 Å². The summed E-state index contributed by atoms with van der Waals surface area (Å²) >= 11 is 0. The Balaban J connectivity index is 2.08. The van der Waals surface area contributed by atoms with Crippen LogP contribution in [0.25, 0.3) is 0 Å². The normalized spacial score (nSPS) is 23.0. The summed E-state index contributed by atoms with van der Waals surface area (Å²) in [7, 11) is 0. The maximum atomic E-state index is 11.5. The van der Waals surface area contributed by atoms with E-state index in [0.29, 0.717) is 31.1 Å². The Morgan fingerprint density at radius 1 is 1.56 bits per heavy atom. The summed E-state index contributed by atoms with van der Waals surface area (Å²) in [6.45, 7) is 5.29. The Morgan fingerprint density at radius 2 is 2.28 bits per heavy atom. The number of carboxylic acids is 1. The van der Waals surface area contributed by atoms with Crippen LogP contribution in [0.15, 0.2) is 16.5 Å². The first kappa shape index (κ1) is 12.8. The fourth-order valence-corrected chi connectivity index (χ4v) is 2.27. The number of hydrogen-bond donors (Lipinski definition) is 1. The Bertz CT molecular complexity index is 465. The molecule has 2 unspecified atom stereocenters. The molecular weight excluding hydrogens is 234 g/mol. The van der Waals surface area contributed by atoms with E-state index in [1.165, 1.54) is 6.07 Å². The van der Waals surface area contributed by atoms with Crippen LogP contribution in [-0.4, -0.2) is 34.8 Å². The highest BCUT2D eigenvalue weighted by Gasteiger charge is 2.28. The number of piperidine rings is 1. The van der Waals surface area contributed by atoms with Crippen LogP contribution < -0.4 is 0 Å². The minimum Gasteiger partial charge on any atom is -0.475 e. The molecule has 1 N–H and O–H groups in total. The molecule has 1 aromatic rings. The molecule has 2 atom stereocenters. The number of hydrogen-bond acceptors (Lipinski definition) is 4. The summed E-state index contributed by atoms with van der Waals surface area (Å²) < 4.78 is 5.30. The quantitative estimate of drug-likeness (QED) is 0.889. The number of furan rings is 1. The molecule has 18 heavy (non-hydrogen) atoms. The second-order valence-electron chi connectivity index (χ2n) is 4.80. The maximum Gasteiger partial charge on any atom is 0.371 e. The van der Waals surface area contributed by atoms with E-state index in [-0.39, 0.29) is 17.7 Å². The zero-order valence-electron chi connectivity index (χ0n) is 10.5. The van der Waals surface area contributed by atoms with Crippen LogP contribution in [0.1, 0.15) is 42.6 Å². The Kier molecular flexibility index (Phi) is 3.52. The Hall–Kier alpha value is -1.62. The highest BCUT2D eigenvalue weighted by atomic mass is 16.4. The average molecular weight is 251 g/mol. The molecule has 0 bridgehead atoms. The van der Waals surface area contributed by atoms with Gasteiger partial charge in [-0.2, -0.15) is 0 Å². The number of nitrogens with zero attached hydrogens (tertiary/aromatic N) is 1. The monoisotopic (exact) mass is 251 g/mol. The van der Waals surface area contributed by atoms with Gasteiger partial charge in [0.05, 0.1) is 6.04 Å². The van der Waals surface area contributed by atoms with E-state index in [4.69, 9.17) is 9.52 Å². The minimum atomic E-state index is -1.06. The molecule has 5 heteroatoms. The van der Waals surface area contributed by atoms with Crippen molar-refractivity contribution in [3.05, 3.63) is 23.7 Å². The Morgan fingerprint density at radius 3 is 2.83 bits per heavy atom. The number of carboxylic acid groups (broad SMARTS) is 1. The molecule has 0 saturated carbocycles. The van der Waals surface area contributed by atoms with Crippen molar-refractivity contribution in [3.8, 4) is 0 Å². The molecule has 0 radical (unpaired) electrons. The summed E-state index contributed by atoms with van der Waals surface area (Å²) in [4.78, 5) is 24.4. The molecule has 1 aliphatic rings. The van der Waals surface area contributed by atoms with Crippen LogP contribution in [0.3, 0.4) is 0 Å². The molecule has 2 heterocycles. The van der Waals surface area contributed by atoms with E-state index in [9.17, 15) is 9.59 Å². The highest BCUT2D eigenvalue weighted by Crippen LogP contribution is 2.26. The second-order valence-corrected chi connectivity index (χ2v) is 4.80. The number of aromatic carboxylic acids is 1. The molecule has 0 aliphatic carbocycles. The van der Waals surface area contributed by atoms with E-state index in [0.717, 1.165) is 0 Å². The molecule has 1 saturated heterocycles. The van der Waals surface area contributed by atoms with Crippen LogP contribution >= 0.6 is 0 Å². The van der Waals surface area contributed by atoms with E-state index in [1.807, 2.05) is 13.8 Å². The topological polar surface area (TPSA) is 70.8 Å². The summed E-state index contributed by atoms with van der Waals surface area (Å²) in [5.41, 5.74) is 0. The molecule has 0 amide bonds.